The molecule has 2 saturated heterocycles. The summed E-state index contributed by atoms with van der Waals surface area (Å²) < 4.78 is 31.7. The Labute approximate surface area is 295 Å². The Morgan fingerprint density at radius 2 is 1.52 bits per heavy atom. The van der Waals surface area contributed by atoms with Crippen LogP contribution in [0.4, 0.5) is 13.2 Å². The van der Waals surface area contributed by atoms with E-state index in [4.69, 9.17) is 21.5 Å². The third-order valence-electron chi connectivity index (χ3n) is 9.91. The van der Waals surface area contributed by atoms with Gasteiger partial charge in [-0.05, 0) is 67.4 Å². The van der Waals surface area contributed by atoms with E-state index in [-0.39, 0.29) is 23.4 Å². The molecule has 3 aliphatic rings. The van der Waals surface area contributed by atoms with Crippen molar-refractivity contribution in [2.75, 3.05) is 46.3 Å². The van der Waals surface area contributed by atoms with Gasteiger partial charge in [0, 0.05) is 62.2 Å². The van der Waals surface area contributed by atoms with Gasteiger partial charge in [-0.15, -0.1) is 0 Å². The third kappa shape index (κ3) is 9.22. The number of carboxylic acid groups (broad SMARTS) is 1. The van der Waals surface area contributed by atoms with Crippen LogP contribution < -0.4 is 10.6 Å². The molecule has 0 aromatic heterocycles. The Bertz CT molecular complexity index is 1610. The fourth-order valence-electron chi connectivity index (χ4n) is 7.15. The van der Waals surface area contributed by atoms with Gasteiger partial charge in [0.05, 0.1) is 0 Å². The van der Waals surface area contributed by atoms with Crippen molar-refractivity contribution in [3.8, 4) is 0 Å². The Morgan fingerprint density at radius 1 is 0.920 bits per heavy atom. The maximum atomic E-state index is 14.1. The summed E-state index contributed by atoms with van der Waals surface area (Å²) in [5.74, 6) is -2.89. The number of benzene rings is 3. The van der Waals surface area contributed by atoms with Crippen LogP contribution in [0.15, 0.2) is 78.9 Å². The highest BCUT2D eigenvalue weighted by Crippen LogP contribution is 2.39. The van der Waals surface area contributed by atoms with E-state index in [0.29, 0.717) is 31.0 Å². The lowest BCUT2D eigenvalue weighted by Gasteiger charge is -2.51. The van der Waals surface area contributed by atoms with Crippen molar-refractivity contribution in [1.29, 1.82) is 0 Å². The average molecular weight is 714 g/mol. The third-order valence-corrected chi connectivity index (χ3v) is 10.2. The molecule has 6 rings (SSSR count). The smallest absolute Gasteiger partial charge is 0.475 e. The normalized spacial score (nSPS) is 19.9. The van der Waals surface area contributed by atoms with E-state index in [1.807, 2.05) is 41.3 Å². The number of rotatable bonds is 8. The van der Waals surface area contributed by atoms with Gasteiger partial charge in [-0.1, -0.05) is 78.3 Å². The zero-order valence-corrected chi connectivity index (χ0v) is 28.7. The summed E-state index contributed by atoms with van der Waals surface area (Å²) in [6.45, 7) is 5.80. The SMILES string of the molecule is CN1CCC(c2ccccc2)(N2CCN(C(=O)[C@@H](Cc3ccc(Cl)cc3)NC(=O)CC3NCc4ccccc43)CC2)CC1.O=C(O)C(F)(F)F. The molecule has 3 heterocycles. The van der Waals surface area contributed by atoms with Gasteiger partial charge in [-0.2, -0.15) is 13.2 Å². The Balaban J connectivity index is 0.000000630. The quantitative estimate of drug-likeness (QED) is 0.302. The van der Waals surface area contributed by atoms with Gasteiger partial charge in [0.25, 0.3) is 0 Å². The molecule has 9 nitrogen and oxygen atoms in total. The van der Waals surface area contributed by atoms with Crippen molar-refractivity contribution >= 4 is 29.4 Å². The summed E-state index contributed by atoms with van der Waals surface area (Å²) in [5.41, 5.74) is 4.73. The summed E-state index contributed by atoms with van der Waals surface area (Å²) in [5, 5.41) is 14.4. The Morgan fingerprint density at radius 3 is 2.14 bits per heavy atom. The number of piperazine rings is 1. The number of halogens is 4. The molecule has 0 aliphatic carbocycles. The van der Waals surface area contributed by atoms with E-state index < -0.39 is 18.2 Å². The molecule has 3 N–H and O–H groups in total. The summed E-state index contributed by atoms with van der Waals surface area (Å²) in [6, 6.07) is 26.0. The maximum Gasteiger partial charge on any atom is 0.490 e. The summed E-state index contributed by atoms with van der Waals surface area (Å²) in [7, 11) is 2.20. The molecule has 1 unspecified atom stereocenters. The summed E-state index contributed by atoms with van der Waals surface area (Å²) in [4.78, 5) is 43.3. The van der Waals surface area contributed by atoms with Gasteiger partial charge in [-0.25, -0.2) is 4.79 Å². The zero-order valence-electron chi connectivity index (χ0n) is 28.0. The number of carboxylic acids is 1. The van der Waals surface area contributed by atoms with Crippen LogP contribution in [0.5, 0.6) is 0 Å². The Kier molecular flexibility index (Phi) is 12.2. The molecule has 0 bridgehead atoms. The van der Waals surface area contributed by atoms with Gasteiger partial charge in [0.1, 0.15) is 6.04 Å². The minimum Gasteiger partial charge on any atom is -0.475 e. The van der Waals surface area contributed by atoms with Crippen LogP contribution >= 0.6 is 11.6 Å². The molecule has 50 heavy (non-hydrogen) atoms. The number of nitrogens with zero attached hydrogens (tertiary/aromatic N) is 3. The largest absolute Gasteiger partial charge is 0.490 e. The lowest BCUT2D eigenvalue weighted by Crippen LogP contribution is -2.61. The van der Waals surface area contributed by atoms with E-state index in [1.165, 1.54) is 11.1 Å². The van der Waals surface area contributed by atoms with E-state index in [2.05, 4.69) is 69.9 Å². The van der Waals surface area contributed by atoms with Crippen molar-refractivity contribution < 1.29 is 32.7 Å². The van der Waals surface area contributed by atoms with Gasteiger partial charge in [-0.3, -0.25) is 14.5 Å². The summed E-state index contributed by atoms with van der Waals surface area (Å²) >= 11 is 6.14. The van der Waals surface area contributed by atoms with E-state index in [1.54, 1.807) is 0 Å². The molecule has 2 amide bonds. The molecular formula is C37H43ClF3N5O4. The molecule has 2 atom stereocenters. The number of nitrogens with one attached hydrogen (secondary N) is 2. The first-order valence-electron chi connectivity index (χ1n) is 16.8. The molecule has 0 radical (unpaired) electrons. The standard InChI is InChI=1S/C35H42ClN5O2.C2HF3O2/c1-39-17-15-35(16-18-39,28-8-3-2-4-9-28)41-21-19-40(20-22-41)34(43)32(23-26-11-13-29(36)14-12-26)38-33(42)24-31-30-10-6-5-7-27(30)25-37-31;3-2(4,5)1(6)7/h2-14,31-32,37H,15-25H2,1H3,(H,38,42);(H,6,7)/t31?,32-;/m1./s1. The number of hydrogen-bond donors (Lipinski definition) is 3. The van der Waals surface area contributed by atoms with Crippen molar-refractivity contribution in [2.24, 2.45) is 0 Å². The van der Waals surface area contributed by atoms with Gasteiger partial charge in [0.2, 0.25) is 11.8 Å². The topological polar surface area (TPSA) is 105 Å². The van der Waals surface area contributed by atoms with Crippen LogP contribution in [0.1, 0.15) is 47.6 Å². The van der Waals surface area contributed by atoms with E-state index in [9.17, 15) is 22.8 Å². The van der Waals surface area contributed by atoms with Crippen molar-refractivity contribution in [3.63, 3.8) is 0 Å². The molecule has 2 fully saturated rings. The van der Waals surface area contributed by atoms with Gasteiger partial charge in [0.15, 0.2) is 0 Å². The molecule has 3 aliphatic heterocycles. The number of amides is 2. The van der Waals surface area contributed by atoms with E-state index >= 15 is 0 Å². The van der Waals surface area contributed by atoms with Crippen LogP contribution in [0.3, 0.4) is 0 Å². The molecule has 0 saturated carbocycles. The molecule has 13 heteroatoms. The average Bonchev–Trinajstić information content (AvgIpc) is 3.52. The predicted octanol–water partition coefficient (Wildman–Crippen LogP) is 5.00. The second kappa shape index (κ2) is 16.4. The van der Waals surface area contributed by atoms with Crippen molar-refractivity contribution in [3.05, 3.63) is 106 Å². The monoisotopic (exact) mass is 713 g/mol. The highest BCUT2D eigenvalue weighted by molar-refractivity contribution is 6.30. The fourth-order valence-corrected chi connectivity index (χ4v) is 7.28. The number of alkyl halides is 3. The predicted molar refractivity (Wildman–Crippen MR) is 184 cm³/mol. The molecular weight excluding hydrogens is 671 g/mol. The second-order valence-corrected chi connectivity index (χ2v) is 13.5. The second-order valence-electron chi connectivity index (χ2n) is 13.1. The van der Waals surface area contributed by atoms with Gasteiger partial charge >= 0.3 is 12.1 Å². The number of hydrogen-bond acceptors (Lipinski definition) is 6. The molecule has 3 aromatic rings. The van der Waals surface area contributed by atoms with Crippen LogP contribution in [0.2, 0.25) is 5.02 Å². The number of fused-ring (bicyclic) bond motifs is 1. The number of carbonyl (C=O) groups excluding carboxylic acids is 2. The minimum atomic E-state index is -5.08. The highest BCUT2D eigenvalue weighted by Gasteiger charge is 2.43. The van der Waals surface area contributed by atoms with Crippen LogP contribution in [0, 0.1) is 0 Å². The lowest BCUT2D eigenvalue weighted by molar-refractivity contribution is -0.192. The maximum absolute atomic E-state index is 14.1. The van der Waals surface area contributed by atoms with Crippen LogP contribution in [-0.4, -0.2) is 96.1 Å². The van der Waals surface area contributed by atoms with Crippen LogP contribution in [-0.2, 0) is 32.9 Å². The molecule has 268 valence electrons. The van der Waals surface area contributed by atoms with Crippen molar-refractivity contribution in [2.45, 2.75) is 56.0 Å². The first-order valence-corrected chi connectivity index (χ1v) is 17.2. The van der Waals surface area contributed by atoms with Crippen LogP contribution in [0.25, 0.3) is 0 Å². The molecule has 3 aromatic carbocycles. The first kappa shape index (κ1) is 37.3. The first-order chi connectivity index (χ1) is 23.9. The Hall–Kier alpha value is -3.97. The summed E-state index contributed by atoms with van der Waals surface area (Å²) in [6.07, 6.45) is -2.20. The van der Waals surface area contributed by atoms with E-state index in [0.717, 1.165) is 56.7 Å². The highest BCUT2D eigenvalue weighted by atomic mass is 35.5. The number of carbonyl (C=O) groups is 3. The number of piperidine rings is 1. The number of likely N-dealkylation sites (tertiary alicyclic amines) is 1. The number of aliphatic carboxylic acids is 1. The zero-order chi connectivity index (χ0) is 35.9. The van der Waals surface area contributed by atoms with Gasteiger partial charge < -0.3 is 25.5 Å². The lowest BCUT2D eigenvalue weighted by atomic mass is 9.79. The fraction of sp³-hybridized carbons (Fsp3) is 0.432. The molecule has 0 spiro atoms. The minimum absolute atomic E-state index is 0.00952. The van der Waals surface area contributed by atoms with Crippen molar-refractivity contribution in [1.82, 2.24) is 25.3 Å².